The summed E-state index contributed by atoms with van der Waals surface area (Å²) in [7, 11) is 0. The lowest BCUT2D eigenvalue weighted by molar-refractivity contribution is -0.157. The maximum atomic E-state index is 12.1. The number of hydrogen-bond donors (Lipinski definition) is 2. The summed E-state index contributed by atoms with van der Waals surface area (Å²) in [5.41, 5.74) is 15.2. The van der Waals surface area contributed by atoms with E-state index in [1.165, 1.54) is 11.1 Å². The van der Waals surface area contributed by atoms with Crippen LogP contribution in [0.5, 0.6) is 0 Å². The predicted octanol–water partition coefficient (Wildman–Crippen LogP) is 7.83. The van der Waals surface area contributed by atoms with Gasteiger partial charge in [0.2, 0.25) is 0 Å². The fourth-order valence-electron chi connectivity index (χ4n) is 7.15. The normalized spacial score (nSPS) is 25.7. The molecule has 0 bridgehead atoms. The molecule has 8 heteroatoms. The minimum Gasteiger partial charge on any atom is -0.460 e. The van der Waals surface area contributed by atoms with E-state index in [1.807, 2.05) is 53.7 Å². The molecule has 2 aliphatic carbocycles. The summed E-state index contributed by atoms with van der Waals surface area (Å²) in [5.74, 6) is 2.59. The number of rotatable bonds is 6. The van der Waals surface area contributed by atoms with Gasteiger partial charge in [-0.15, -0.1) is 0 Å². The third-order valence-corrected chi connectivity index (χ3v) is 8.49. The Kier molecular flexibility index (Phi) is 12.2. The minimum absolute atomic E-state index is 0.0898. The molecule has 2 saturated carbocycles. The Morgan fingerprint density at radius 3 is 1.36 bits per heavy atom. The van der Waals surface area contributed by atoms with Crippen LogP contribution in [0.15, 0.2) is 36.9 Å². The molecule has 0 spiro atoms. The van der Waals surface area contributed by atoms with Crippen LogP contribution < -0.4 is 11.5 Å². The van der Waals surface area contributed by atoms with Crippen LogP contribution in [0.1, 0.15) is 130 Å². The third kappa shape index (κ3) is 11.7. The van der Waals surface area contributed by atoms with Gasteiger partial charge in [0.25, 0.3) is 0 Å². The zero-order chi connectivity index (χ0) is 32.7. The average Bonchev–Trinajstić information content (AvgIpc) is 2.86. The minimum atomic E-state index is -0.410. The molecule has 0 aromatic carbocycles. The summed E-state index contributed by atoms with van der Waals surface area (Å²) < 4.78 is 10.9. The van der Waals surface area contributed by atoms with E-state index >= 15 is 0 Å². The Labute approximate surface area is 265 Å². The van der Waals surface area contributed by atoms with Gasteiger partial charge in [0.1, 0.15) is 11.2 Å². The molecule has 2 aromatic rings. The molecular weight excluding hydrogens is 552 g/mol. The van der Waals surface area contributed by atoms with E-state index < -0.39 is 11.2 Å². The highest BCUT2D eigenvalue weighted by Crippen LogP contribution is 2.43. The molecule has 0 aliphatic heterocycles. The van der Waals surface area contributed by atoms with E-state index in [0.29, 0.717) is 48.3 Å². The summed E-state index contributed by atoms with van der Waals surface area (Å²) in [6.07, 6.45) is 14.5. The van der Waals surface area contributed by atoms with Crippen molar-refractivity contribution in [3.63, 3.8) is 0 Å². The van der Waals surface area contributed by atoms with Crippen molar-refractivity contribution in [3.8, 4) is 0 Å². The first-order valence-electron chi connectivity index (χ1n) is 16.3. The molecule has 2 aromatic heterocycles. The summed E-state index contributed by atoms with van der Waals surface area (Å²) in [4.78, 5) is 32.3. The Morgan fingerprint density at radius 1 is 0.682 bits per heavy atom. The van der Waals surface area contributed by atoms with Gasteiger partial charge < -0.3 is 20.9 Å². The molecule has 2 aliphatic rings. The number of nitrogen functional groups attached to an aromatic ring is 2. The standard InChI is InChI=1S/2C18H28N2O2/c2*1-12-7-13(10-17(21)22-18(2,3)4)9-14(8-12)15-5-6-20-11-16(15)19/h2*5-6,11-14H,7-10,19H2,1-4H3/t2*12-,13+,14-/m10/s1. The number of aromatic nitrogens is 2. The van der Waals surface area contributed by atoms with Crippen molar-refractivity contribution in [2.75, 3.05) is 11.5 Å². The summed E-state index contributed by atoms with van der Waals surface area (Å²) >= 11 is 0. The molecule has 0 amide bonds. The lowest BCUT2D eigenvalue weighted by Crippen LogP contribution is -2.28. The van der Waals surface area contributed by atoms with Crippen LogP contribution in [-0.2, 0) is 19.1 Å². The fraction of sp³-hybridized carbons (Fsp3) is 0.667. The molecule has 0 radical (unpaired) electrons. The molecule has 2 fully saturated rings. The van der Waals surface area contributed by atoms with Gasteiger partial charge in [-0.1, -0.05) is 13.8 Å². The number of pyridine rings is 2. The van der Waals surface area contributed by atoms with Gasteiger partial charge in [0, 0.05) is 25.2 Å². The van der Waals surface area contributed by atoms with Crippen molar-refractivity contribution >= 4 is 23.3 Å². The highest BCUT2D eigenvalue weighted by molar-refractivity contribution is 5.70. The lowest BCUT2D eigenvalue weighted by Gasteiger charge is -2.34. The smallest absolute Gasteiger partial charge is 0.306 e. The van der Waals surface area contributed by atoms with Crippen LogP contribution in [0, 0.1) is 23.7 Å². The quantitative estimate of drug-likeness (QED) is 0.317. The Balaban J connectivity index is 0.000000240. The van der Waals surface area contributed by atoms with Crippen molar-refractivity contribution < 1.29 is 19.1 Å². The molecule has 6 atom stereocenters. The summed E-state index contributed by atoms with van der Waals surface area (Å²) in [6, 6.07) is 4.03. The number of nitrogens with two attached hydrogens (primary N) is 2. The molecule has 0 saturated heterocycles. The first-order chi connectivity index (χ1) is 20.5. The summed E-state index contributed by atoms with van der Waals surface area (Å²) in [6.45, 7) is 16.0. The number of anilines is 2. The third-order valence-electron chi connectivity index (χ3n) is 8.49. The number of hydrogen-bond acceptors (Lipinski definition) is 8. The SMILES string of the molecule is C[C@@H]1C[C@H](CC(=O)OC(C)(C)C)C[C@H](c2ccncc2N)C1.C[C@H]1C[C@@H](CC(=O)OC(C)(C)C)C[C@@H](c2ccncc2N)C1. The van der Waals surface area contributed by atoms with Gasteiger partial charge in [-0.05, 0) is 139 Å². The fourth-order valence-corrected chi connectivity index (χ4v) is 7.15. The van der Waals surface area contributed by atoms with Crippen molar-refractivity contribution in [2.45, 2.75) is 130 Å². The van der Waals surface area contributed by atoms with E-state index in [-0.39, 0.29) is 11.9 Å². The largest absolute Gasteiger partial charge is 0.460 e. The molecule has 4 rings (SSSR count). The zero-order valence-electron chi connectivity index (χ0n) is 28.3. The highest BCUT2D eigenvalue weighted by Gasteiger charge is 2.32. The number of carbonyl (C=O) groups is 2. The average molecular weight is 609 g/mol. The van der Waals surface area contributed by atoms with E-state index in [9.17, 15) is 9.59 Å². The van der Waals surface area contributed by atoms with Crippen LogP contribution >= 0.6 is 0 Å². The van der Waals surface area contributed by atoms with Gasteiger partial charge in [0.05, 0.1) is 23.8 Å². The lowest BCUT2D eigenvalue weighted by atomic mass is 9.72. The second kappa shape index (κ2) is 15.2. The predicted molar refractivity (Wildman–Crippen MR) is 177 cm³/mol. The maximum absolute atomic E-state index is 12.1. The molecular formula is C36H56N4O4. The number of nitrogens with zero attached hydrogens (tertiary/aromatic N) is 2. The first kappa shape index (κ1) is 35.3. The monoisotopic (exact) mass is 608 g/mol. The summed E-state index contributed by atoms with van der Waals surface area (Å²) in [5, 5.41) is 0. The molecule has 244 valence electrons. The van der Waals surface area contributed by atoms with E-state index in [4.69, 9.17) is 20.9 Å². The van der Waals surface area contributed by atoms with Crippen LogP contribution in [0.3, 0.4) is 0 Å². The van der Waals surface area contributed by atoms with E-state index in [0.717, 1.165) is 49.9 Å². The zero-order valence-corrected chi connectivity index (χ0v) is 28.3. The van der Waals surface area contributed by atoms with Gasteiger partial charge in [-0.3, -0.25) is 19.6 Å². The highest BCUT2D eigenvalue weighted by atomic mass is 16.6. The van der Waals surface area contributed by atoms with Crippen LogP contribution in [-0.4, -0.2) is 33.1 Å². The first-order valence-corrected chi connectivity index (χ1v) is 16.3. The number of carbonyl (C=O) groups excluding carboxylic acids is 2. The molecule has 0 unspecified atom stereocenters. The van der Waals surface area contributed by atoms with Crippen LogP contribution in [0.2, 0.25) is 0 Å². The Morgan fingerprint density at radius 2 is 1.05 bits per heavy atom. The van der Waals surface area contributed by atoms with E-state index in [1.54, 1.807) is 24.8 Å². The molecule has 4 N–H and O–H groups in total. The number of esters is 2. The van der Waals surface area contributed by atoms with Crippen molar-refractivity contribution in [2.24, 2.45) is 23.7 Å². The van der Waals surface area contributed by atoms with Gasteiger partial charge >= 0.3 is 11.9 Å². The molecule has 2 heterocycles. The maximum Gasteiger partial charge on any atom is 0.306 e. The van der Waals surface area contributed by atoms with Crippen molar-refractivity contribution in [1.29, 1.82) is 0 Å². The van der Waals surface area contributed by atoms with Crippen LogP contribution in [0.4, 0.5) is 11.4 Å². The van der Waals surface area contributed by atoms with Gasteiger partial charge in [0.15, 0.2) is 0 Å². The molecule has 8 nitrogen and oxygen atoms in total. The van der Waals surface area contributed by atoms with Crippen molar-refractivity contribution in [3.05, 3.63) is 48.0 Å². The second-order valence-electron chi connectivity index (χ2n) is 15.3. The van der Waals surface area contributed by atoms with E-state index in [2.05, 4.69) is 23.8 Å². The number of ether oxygens (including phenoxy) is 2. The van der Waals surface area contributed by atoms with Gasteiger partial charge in [-0.25, -0.2) is 0 Å². The van der Waals surface area contributed by atoms with Gasteiger partial charge in [-0.2, -0.15) is 0 Å². The Hall–Kier alpha value is -3.16. The van der Waals surface area contributed by atoms with Crippen LogP contribution in [0.25, 0.3) is 0 Å². The molecule has 44 heavy (non-hydrogen) atoms. The Bertz CT molecular complexity index is 1140. The topological polar surface area (TPSA) is 130 Å². The second-order valence-corrected chi connectivity index (χ2v) is 15.3. The van der Waals surface area contributed by atoms with Crippen molar-refractivity contribution in [1.82, 2.24) is 9.97 Å².